The number of oxazole rings is 1. The van der Waals surface area contributed by atoms with Crippen molar-refractivity contribution in [2.45, 2.75) is 52.0 Å². The highest BCUT2D eigenvalue weighted by Gasteiger charge is 2.52. The molecule has 0 atom stereocenters. The van der Waals surface area contributed by atoms with Crippen molar-refractivity contribution in [1.29, 1.82) is 0 Å². The van der Waals surface area contributed by atoms with E-state index in [1.54, 1.807) is 17.5 Å². The molecule has 3 aliphatic rings. The third-order valence-electron chi connectivity index (χ3n) is 8.33. The SMILES string of the molecule is Cc1nc2cc(CNC(=O)c3cc(C(=O)NCC45CCC(C(=O)O)(CC4)CC5)n4ccnc4n3)ccc2o1. The molecule has 38 heavy (non-hydrogen) atoms. The molecular weight excluding hydrogens is 488 g/mol. The Hall–Kier alpha value is -4.28. The van der Waals surface area contributed by atoms with Gasteiger partial charge in [0.1, 0.15) is 16.9 Å². The van der Waals surface area contributed by atoms with Gasteiger partial charge in [-0.15, -0.1) is 0 Å². The van der Waals surface area contributed by atoms with Crippen LogP contribution in [0.3, 0.4) is 0 Å². The first-order chi connectivity index (χ1) is 18.3. The van der Waals surface area contributed by atoms with Gasteiger partial charge < -0.3 is 20.2 Å². The van der Waals surface area contributed by atoms with Gasteiger partial charge in [-0.2, -0.15) is 0 Å². The summed E-state index contributed by atoms with van der Waals surface area (Å²) in [6.45, 7) is 2.50. The van der Waals surface area contributed by atoms with Gasteiger partial charge in [0.2, 0.25) is 5.78 Å². The molecule has 0 radical (unpaired) electrons. The largest absolute Gasteiger partial charge is 0.481 e. The number of hydrogen-bond acceptors (Lipinski definition) is 7. The van der Waals surface area contributed by atoms with Crippen LogP contribution in [0.2, 0.25) is 0 Å². The minimum atomic E-state index is -0.700. The molecule has 1 aromatic carbocycles. The number of aliphatic carboxylic acids is 1. The normalized spacial score (nSPS) is 22.6. The molecule has 0 aliphatic heterocycles. The van der Waals surface area contributed by atoms with Crippen molar-refractivity contribution >= 4 is 34.7 Å². The van der Waals surface area contributed by atoms with Gasteiger partial charge in [-0.25, -0.2) is 15.0 Å². The van der Waals surface area contributed by atoms with Crippen molar-refractivity contribution in [2.24, 2.45) is 10.8 Å². The zero-order valence-corrected chi connectivity index (χ0v) is 21.0. The highest BCUT2D eigenvalue weighted by molar-refractivity contribution is 5.98. The van der Waals surface area contributed by atoms with Gasteiger partial charge in [0.05, 0.1) is 5.41 Å². The highest BCUT2D eigenvalue weighted by atomic mass is 16.4. The Labute approximate surface area is 217 Å². The molecule has 0 unspecified atom stereocenters. The zero-order chi connectivity index (χ0) is 26.5. The Morgan fingerprint density at radius 2 is 1.79 bits per heavy atom. The topological polar surface area (TPSA) is 152 Å². The van der Waals surface area contributed by atoms with Crippen LogP contribution in [-0.2, 0) is 11.3 Å². The number of hydrogen-bond donors (Lipinski definition) is 3. The molecule has 196 valence electrons. The number of nitrogens with zero attached hydrogens (tertiary/aromatic N) is 4. The number of aromatic nitrogens is 4. The number of carboxylic acid groups (broad SMARTS) is 1. The van der Waals surface area contributed by atoms with Crippen LogP contribution in [0.4, 0.5) is 0 Å². The first-order valence-electron chi connectivity index (χ1n) is 12.8. The maximum absolute atomic E-state index is 13.3. The van der Waals surface area contributed by atoms with Crippen LogP contribution in [0.1, 0.15) is 71.0 Å². The van der Waals surface area contributed by atoms with Crippen molar-refractivity contribution in [3.05, 3.63) is 59.5 Å². The van der Waals surface area contributed by atoms with E-state index < -0.39 is 17.3 Å². The van der Waals surface area contributed by atoms with Crippen molar-refractivity contribution in [1.82, 2.24) is 30.0 Å². The number of aryl methyl sites for hydroxylation is 1. The number of amides is 2. The van der Waals surface area contributed by atoms with Crippen molar-refractivity contribution < 1.29 is 23.9 Å². The number of benzene rings is 1. The third-order valence-corrected chi connectivity index (χ3v) is 8.33. The van der Waals surface area contributed by atoms with Gasteiger partial charge in [0, 0.05) is 32.4 Å². The van der Waals surface area contributed by atoms with E-state index in [0.29, 0.717) is 42.8 Å². The fourth-order valence-corrected chi connectivity index (χ4v) is 5.88. The van der Waals surface area contributed by atoms with Gasteiger partial charge in [0.15, 0.2) is 11.5 Å². The third kappa shape index (κ3) is 4.17. The van der Waals surface area contributed by atoms with E-state index in [2.05, 4.69) is 25.6 Å². The molecule has 3 heterocycles. The first kappa shape index (κ1) is 24.1. The van der Waals surface area contributed by atoms with E-state index in [1.165, 1.54) is 12.3 Å². The lowest BCUT2D eigenvalue weighted by Crippen LogP contribution is -2.50. The molecular formula is C27H28N6O5. The second-order valence-electron chi connectivity index (χ2n) is 10.6. The fourth-order valence-electron chi connectivity index (χ4n) is 5.88. The second kappa shape index (κ2) is 8.93. The van der Waals surface area contributed by atoms with Gasteiger partial charge in [-0.05, 0) is 67.7 Å². The Morgan fingerprint density at radius 1 is 1.03 bits per heavy atom. The quantitative estimate of drug-likeness (QED) is 0.338. The summed E-state index contributed by atoms with van der Waals surface area (Å²) in [6, 6.07) is 6.99. The van der Waals surface area contributed by atoms with Crippen molar-refractivity contribution in [3.63, 3.8) is 0 Å². The predicted molar refractivity (Wildman–Crippen MR) is 135 cm³/mol. The summed E-state index contributed by atoms with van der Waals surface area (Å²) < 4.78 is 7.05. The molecule has 4 aromatic rings. The molecule has 3 fully saturated rings. The smallest absolute Gasteiger partial charge is 0.309 e. The molecule has 3 saturated carbocycles. The number of nitrogens with one attached hydrogen (secondary N) is 2. The van der Waals surface area contributed by atoms with Crippen LogP contribution in [0.15, 0.2) is 41.1 Å². The summed E-state index contributed by atoms with van der Waals surface area (Å²) in [5.74, 6) is -0.629. The maximum atomic E-state index is 13.3. The number of imidazole rings is 1. The van der Waals surface area contributed by atoms with Gasteiger partial charge >= 0.3 is 5.97 Å². The molecule has 11 heteroatoms. The fraction of sp³-hybridized carbons (Fsp3) is 0.407. The first-order valence-corrected chi connectivity index (χ1v) is 12.8. The van der Waals surface area contributed by atoms with Crippen molar-refractivity contribution in [2.75, 3.05) is 6.54 Å². The number of carbonyl (C=O) groups excluding carboxylic acids is 2. The minimum absolute atomic E-state index is 0.0857. The average molecular weight is 517 g/mol. The van der Waals surface area contributed by atoms with E-state index in [9.17, 15) is 19.5 Å². The average Bonchev–Trinajstić information content (AvgIpc) is 3.56. The molecule has 3 aliphatic carbocycles. The van der Waals surface area contributed by atoms with E-state index in [0.717, 1.165) is 24.8 Å². The van der Waals surface area contributed by atoms with Gasteiger partial charge in [0.25, 0.3) is 11.8 Å². The standard InChI is InChI=1S/C27H28N6O5/c1-16-31-18-12-17(2-3-21(18)38-16)14-29-22(34)19-13-20(33-11-10-28-25(33)32-19)23(35)30-15-26-4-7-27(8-5-26,9-6-26)24(36)37/h2-3,10-13H,4-9,14-15H2,1H3,(H,29,34)(H,30,35)(H,36,37). The Balaban J connectivity index is 1.15. The molecule has 11 nitrogen and oxygen atoms in total. The Morgan fingerprint density at radius 3 is 2.53 bits per heavy atom. The monoisotopic (exact) mass is 516 g/mol. The maximum Gasteiger partial charge on any atom is 0.309 e. The summed E-state index contributed by atoms with van der Waals surface area (Å²) >= 11 is 0. The Bertz CT molecular complexity index is 1560. The summed E-state index contributed by atoms with van der Waals surface area (Å²) in [5, 5.41) is 15.5. The lowest BCUT2D eigenvalue weighted by molar-refractivity contribution is -0.158. The minimum Gasteiger partial charge on any atom is -0.481 e. The Kier molecular flexibility index (Phi) is 5.66. The number of carbonyl (C=O) groups is 3. The van der Waals surface area contributed by atoms with Crippen LogP contribution in [0.25, 0.3) is 16.9 Å². The van der Waals surface area contributed by atoms with Crippen LogP contribution in [0.5, 0.6) is 0 Å². The summed E-state index contributed by atoms with van der Waals surface area (Å²) in [5.41, 5.74) is 1.92. The molecule has 2 amide bonds. The van der Waals surface area contributed by atoms with Crippen LogP contribution in [-0.4, -0.2) is 48.8 Å². The molecule has 0 saturated heterocycles. The van der Waals surface area contributed by atoms with Gasteiger partial charge in [-0.1, -0.05) is 6.07 Å². The predicted octanol–water partition coefficient (Wildman–Crippen LogP) is 3.26. The molecule has 7 rings (SSSR count). The zero-order valence-electron chi connectivity index (χ0n) is 21.0. The number of fused-ring (bicyclic) bond motifs is 5. The lowest BCUT2D eigenvalue weighted by Gasteiger charge is -2.51. The van der Waals surface area contributed by atoms with Gasteiger partial charge in [-0.3, -0.25) is 18.8 Å². The van der Waals surface area contributed by atoms with Crippen LogP contribution < -0.4 is 10.6 Å². The molecule has 3 N–H and O–H groups in total. The van der Waals surface area contributed by atoms with E-state index in [-0.39, 0.29) is 35.0 Å². The number of rotatable bonds is 7. The molecule has 2 bridgehead atoms. The van der Waals surface area contributed by atoms with E-state index in [4.69, 9.17) is 4.42 Å². The lowest BCUT2D eigenvalue weighted by atomic mass is 9.53. The molecule has 0 spiro atoms. The van der Waals surface area contributed by atoms with Crippen LogP contribution in [0, 0.1) is 17.8 Å². The number of carboxylic acids is 1. The van der Waals surface area contributed by atoms with E-state index in [1.807, 2.05) is 18.2 Å². The van der Waals surface area contributed by atoms with E-state index >= 15 is 0 Å². The van der Waals surface area contributed by atoms with Crippen molar-refractivity contribution in [3.8, 4) is 0 Å². The summed E-state index contributed by atoms with van der Waals surface area (Å²) in [6.07, 6.45) is 7.45. The highest BCUT2D eigenvalue weighted by Crippen LogP contribution is 2.56. The summed E-state index contributed by atoms with van der Waals surface area (Å²) in [7, 11) is 0. The second-order valence-corrected chi connectivity index (χ2v) is 10.6. The van der Waals surface area contributed by atoms with Crippen LogP contribution >= 0.6 is 0 Å². The molecule has 3 aromatic heterocycles. The summed E-state index contributed by atoms with van der Waals surface area (Å²) in [4.78, 5) is 50.9.